The van der Waals surface area contributed by atoms with Crippen LogP contribution in [0.3, 0.4) is 0 Å². The maximum absolute atomic E-state index is 16.5. The number of carbonyl (C=O) groups is 1. The monoisotopic (exact) mass is 675 g/mol. The molecule has 3 N–H and O–H groups in total. The van der Waals surface area contributed by atoms with Gasteiger partial charge in [-0.05, 0) is 73.8 Å². The first-order valence-electron chi connectivity index (χ1n) is 16.4. The molecule has 1 aromatic carbocycles. The average molecular weight is 676 g/mol. The van der Waals surface area contributed by atoms with Crippen molar-refractivity contribution in [2.75, 3.05) is 11.9 Å². The van der Waals surface area contributed by atoms with Crippen molar-refractivity contribution >= 4 is 23.1 Å². The van der Waals surface area contributed by atoms with E-state index in [4.69, 9.17) is 10.5 Å². The van der Waals surface area contributed by atoms with E-state index in [1.165, 1.54) is 11.0 Å². The van der Waals surface area contributed by atoms with E-state index in [2.05, 4.69) is 42.6 Å². The molecule has 3 atom stereocenters. The summed E-state index contributed by atoms with van der Waals surface area (Å²) in [7, 11) is 0. The third-order valence-corrected chi connectivity index (χ3v) is 8.61. The quantitative estimate of drug-likeness (QED) is 0.145. The number of anilines is 1. The first-order chi connectivity index (χ1) is 22.7. The number of hydrogen-bond acceptors (Lipinski definition) is 6. The Kier molecular flexibility index (Phi) is 13.3. The van der Waals surface area contributed by atoms with Gasteiger partial charge >= 0.3 is 6.18 Å². The van der Waals surface area contributed by atoms with Gasteiger partial charge in [0.1, 0.15) is 23.2 Å². The van der Waals surface area contributed by atoms with Crippen molar-refractivity contribution in [3.05, 3.63) is 83.1 Å². The zero-order chi connectivity index (χ0) is 35.8. The van der Waals surface area contributed by atoms with Crippen LogP contribution in [0.15, 0.2) is 65.6 Å². The molecule has 12 heteroatoms. The lowest BCUT2D eigenvalue weighted by molar-refractivity contribution is -0.137. The summed E-state index contributed by atoms with van der Waals surface area (Å²) in [6.45, 7) is 16.2. The van der Waals surface area contributed by atoms with Gasteiger partial charge in [0.05, 0.1) is 29.6 Å². The molecule has 0 aliphatic carbocycles. The van der Waals surface area contributed by atoms with E-state index in [9.17, 15) is 18.0 Å². The van der Waals surface area contributed by atoms with Gasteiger partial charge in [-0.2, -0.15) is 17.6 Å². The molecule has 3 unspecified atom stereocenters. The lowest BCUT2D eigenvalue weighted by Crippen LogP contribution is -2.36. The van der Waals surface area contributed by atoms with Gasteiger partial charge in [0.2, 0.25) is 5.95 Å². The van der Waals surface area contributed by atoms with Crippen LogP contribution in [0.1, 0.15) is 102 Å². The molecule has 0 saturated carbocycles. The van der Waals surface area contributed by atoms with Crippen LogP contribution in [0, 0.1) is 23.6 Å². The number of allylic oxidation sites excluding steroid dienone is 2. The Hall–Kier alpha value is -4.22. The van der Waals surface area contributed by atoms with Gasteiger partial charge in [-0.15, -0.1) is 0 Å². The van der Waals surface area contributed by atoms with Gasteiger partial charge in [-0.25, -0.2) is 14.4 Å². The van der Waals surface area contributed by atoms with E-state index in [0.717, 1.165) is 56.6 Å². The first kappa shape index (κ1) is 38.2. The zero-order valence-corrected chi connectivity index (χ0v) is 28.5. The summed E-state index contributed by atoms with van der Waals surface area (Å²) >= 11 is 0. The van der Waals surface area contributed by atoms with Gasteiger partial charge in [0.15, 0.2) is 0 Å². The van der Waals surface area contributed by atoms with Crippen LogP contribution in [0.2, 0.25) is 0 Å². The molecule has 0 saturated heterocycles. The number of nitrogens with zero attached hydrogens (tertiary/aromatic N) is 3. The minimum Gasteiger partial charge on any atom is -0.493 e. The van der Waals surface area contributed by atoms with Crippen molar-refractivity contribution < 1.29 is 31.5 Å². The summed E-state index contributed by atoms with van der Waals surface area (Å²) in [5.41, 5.74) is 6.17. The molecule has 1 amide bonds. The Morgan fingerprint density at radius 1 is 1.10 bits per heavy atom. The van der Waals surface area contributed by atoms with E-state index in [0.29, 0.717) is 29.7 Å². The lowest BCUT2D eigenvalue weighted by atomic mass is 9.85. The van der Waals surface area contributed by atoms with E-state index in [1.807, 2.05) is 13.8 Å². The highest BCUT2D eigenvalue weighted by Gasteiger charge is 2.35. The number of halogens is 5. The van der Waals surface area contributed by atoms with E-state index < -0.39 is 35.3 Å². The molecule has 2 heterocycles. The molecule has 3 rings (SSSR count). The third kappa shape index (κ3) is 9.02. The molecule has 1 aliphatic rings. The molecule has 0 radical (unpaired) electrons. The van der Waals surface area contributed by atoms with Crippen LogP contribution in [0.4, 0.5) is 27.8 Å². The fourth-order valence-corrected chi connectivity index (χ4v) is 5.62. The number of amidine groups is 1. The highest BCUT2D eigenvalue weighted by atomic mass is 19.4. The lowest BCUT2D eigenvalue weighted by Gasteiger charge is -2.37. The zero-order valence-electron chi connectivity index (χ0n) is 28.5. The SMILES string of the molecule is C=C(C(CCCC)CC(C)CC)N1C(F)=CN=C(N)/C1=C(\c1c(F)cc(C(=O)Nc2cc(C(F)(F)F)ccn2)cc1OCC)C(C)CC. The van der Waals surface area contributed by atoms with Crippen LogP contribution in [-0.4, -0.2) is 28.2 Å². The second kappa shape index (κ2) is 16.7. The fraction of sp³-hybridized carbons (Fsp3) is 0.472. The number of hydrogen-bond donors (Lipinski definition) is 2. The van der Waals surface area contributed by atoms with Gasteiger partial charge in [0.25, 0.3) is 5.91 Å². The van der Waals surface area contributed by atoms with Crippen LogP contribution in [0.5, 0.6) is 5.75 Å². The third-order valence-electron chi connectivity index (χ3n) is 8.61. The Balaban J connectivity index is 2.22. The fourth-order valence-electron chi connectivity index (χ4n) is 5.62. The maximum atomic E-state index is 16.5. The topological polar surface area (TPSA) is 92.8 Å². The Morgan fingerprint density at radius 2 is 1.81 bits per heavy atom. The normalized spacial score (nSPS) is 16.4. The van der Waals surface area contributed by atoms with Crippen molar-refractivity contribution in [3.63, 3.8) is 0 Å². The van der Waals surface area contributed by atoms with Crippen molar-refractivity contribution in [1.29, 1.82) is 0 Å². The number of aliphatic imine (C=N–C) groups is 1. The molecule has 0 spiro atoms. The molecule has 48 heavy (non-hydrogen) atoms. The summed E-state index contributed by atoms with van der Waals surface area (Å²) in [5, 5.41) is 2.30. The van der Waals surface area contributed by atoms with Gasteiger partial charge in [0, 0.05) is 17.5 Å². The van der Waals surface area contributed by atoms with Crippen LogP contribution < -0.4 is 15.8 Å². The number of rotatable bonds is 15. The number of alkyl halides is 3. The number of ether oxygens (including phenoxy) is 1. The largest absolute Gasteiger partial charge is 0.493 e. The van der Waals surface area contributed by atoms with Gasteiger partial charge < -0.3 is 15.8 Å². The molecule has 1 aromatic heterocycles. The highest BCUT2D eigenvalue weighted by molar-refractivity contribution is 6.07. The number of amides is 1. The molecule has 262 valence electrons. The Morgan fingerprint density at radius 3 is 2.42 bits per heavy atom. The van der Waals surface area contributed by atoms with Crippen molar-refractivity contribution in [1.82, 2.24) is 9.88 Å². The van der Waals surface area contributed by atoms with E-state index >= 15 is 8.78 Å². The van der Waals surface area contributed by atoms with Crippen LogP contribution in [-0.2, 0) is 6.18 Å². The predicted molar refractivity (Wildman–Crippen MR) is 180 cm³/mol. The molecule has 1 aliphatic heterocycles. The second-order valence-electron chi connectivity index (χ2n) is 12.1. The van der Waals surface area contributed by atoms with Crippen molar-refractivity contribution in [2.45, 2.75) is 86.2 Å². The highest BCUT2D eigenvalue weighted by Crippen LogP contribution is 2.43. The van der Waals surface area contributed by atoms with Crippen molar-refractivity contribution in [2.24, 2.45) is 28.5 Å². The Bertz CT molecular complexity index is 1570. The second-order valence-corrected chi connectivity index (χ2v) is 12.1. The number of benzene rings is 1. The molecular formula is C36H46F5N5O2. The molecule has 0 bridgehead atoms. The molecule has 0 fully saturated rings. The number of carbonyl (C=O) groups excluding carboxylic acids is 1. The smallest absolute Gasteiger partial charge is 0.416 e. The molecule has 2 aromatic rings. The average Bonchev–Trinajstić information content (AvgIpc) is 3.04. The maximum Gasteiger partial charge on any atom is 0.416 e. The number of unbranched alkanes of at least 4 members (excludes halogenated alkanes) is 1. The van der Waals surface area contributed by atoms with Crippen LogP contribution >= 0.6 is 0 Å². The van der Waals surface area contributed by atoms with Crippen molar-refractivity contribution in [3.8, 4) is 5.75 Å². The first-order valence-corrected chi connectivity index (χ1v) is 16.4. The van der Waals surface area contributed by atoms with Gasteiger partial charge in [-0.3, -0.25) is 9.69 Å². The number of pyridine rings is 1. The summed E-state index contributed by atoms with van der Waals surface area (Å²) in [6, 6.07) is 3.70. The number of nitrogens with two attached hydrogens (primary N) is 1. The Labute approximate surface area is 279 Å². The van der Waals surface area contributed by atoms with Gasteiger partial charge in [-0.1, -0.05) is 60.5 Å². The number of aromatic nitrogens is 1. The summed E-state index contributed by atoms with van der Waals surface area (Å²) < 4.78 is 78.0. The minimum atomic E-state index is -4.65. The summed E-state index contributed by atoms with van der Waals surface area (Å²) in [6.07, 6.45) is 2.11. The van der Waals surface area contributed by atoms with E-state index in [1.54, 1.807) is 6.92 Å². The molecular weight excluding hydrogens is 629 g/mol. The van der Waals surface area contributed by atoms with E-state index in [-0.39, 0.29) is 46.8 Å². The predicted octanol–water partition coefficient (Wildman–Crippen LogP) is 9.85. The summed E-state index contributed by atoms with van der Waals surface area (Å²) in [4.78, 5) is 22.4. The number of nitrogens with one attached hydrogen (secondary N) is 1. The standard InChI is InChI=1S/C36H46F5N5O2/c1-8-12-13-24(16-21(5)9-2)23(7)46-29(38)20-44-34(42)33(46)31(22(6)10-3)32-27(37)17-25(18-28(32)48-11-4)35(47)45-30-19-26(14-15-43-30)36(39,40)41/h14-15,17-22,24H,7-13,16H2,1-6H3,(H2,42,44)(H,43,45,47)/b33-31+. The minimum absolute atomic E-state index is 0.0297. The molecule has 7 nitrogen and oxygen atoms in total. The summed E-state index contributed by atoms with van der Waals surface area (Å²) in [5.74, 6) is -3.07. The van der Waals surface area contributed by atoms with Crippen LogP contribution in [0.25, 0.3) is 5.57 Å².